The van der Waals surface area contributed by atoms with E-state index in [0.29, 0.717) is 0 Å². The van der Waals surface area contributed by atoms with E-state index in [9.17, 15) is 9.90 Å². The van der Waals surface area contributed by atoms with Crippen molar-refractivity contribution in [2.24, 2.45) is 17.8 Å². The van der Waals surface area contributed by atoms with Crippen LogP contribution in [0.5, 0.6) is 0 Å². The molecule has 0 aromatic carbocycles. The van der Waals surface area contributed by atoms with Crippen molar-refractivity contribution < 1.29 is 14.6 Å². The molecule has 1 saturated heterocycles. The van der Waals surface area contributed by atoms with E-state index in [4.69, 9.17) is 4.74 Å². The molecule has 3 nitrogen and oxygen atoms in total. The minimum atomic E-state index is -0.600. The van der Waals surface area contributed by atoms with Gasteiger partial charge in [0.05, 0.1) is 11.5 Å². The Labute approximate surface area is 108 Å². The van der Waals surface area contributed by atoms with Crippen molar-refractivity contribution in [2.75, 3.05) is 0 Å². The Morgan fingerprint density at radius 3 is 2.89 bits per heavy atom. The lowest BCUT2D eigenvalue weighted by Crippen LogP contribution is -2.32. The Morgan fingerprint density at radius 1 is 1.44 bits per heavy atom. The molecule has 100 valence electrons. The van der Waals surface area contributed by atoms with Gasteiger partial charge in [-0.05, 0) is 33.1 Å². The fraction of sp³-hybridized carbons (Fsp3) is 0.800. The van der Waals surface area contributed by atoms with E-state index >= 15 is 0 Å². The number of hydrogen-bond acceptors (Lipinski definition) is 3. The first-order chi connectivity index (χ1) is 8.40. The maximum absolute atomic E-state index is 11.7. The largest absolute Gasteiger partial charge is 0.461 e. The molecule has 0 spiro atoms. The van der Waals surface area contributed by atoms with Crippen molar-refractivity contribution in [3.05, 3.63) is 11.1 Å². The van der Waals surface area contributed by atoms with Gasteiger partial charge in [-0.15, -0.1) is 0 Å². The maximum atomic E-state index is 11.7. The Balaban J connectivity index is 1.96. The molecular weight excluding hydrogens is 228 g/mol. The van der Waals surface area contributed by atoms with E-state index in [1.165, 1.54) is 11.1 Å². The molecule has 0 aromatic rings. The SMILES string of the molecule is CC1=C2CCC(C)(O)C2CC2C(C1)OC(=O)C2C. The van der Waals surface area contributed by atoms with Crippen LogP contribution in [0.2, 0.25) is 0 Å². The van der Waals surface area contributed by atoms with Crippen LogP contribution in [-0.2, 0) is 9.53 Å². The number of fused-ring (bicyclic) bond motifs is 2. The minimum absolute atomic E-state index is 0.0152. The third-order valence-electron chi connectivity index (χ3n) is 5.39. The van der Waals surface area contributed by atoms with Crippen LogP contribution >= 0.6 is 0 Å². The zero-order valence-electron chi connectivity index (χ0n) is 11.4. The third kappa shape index (κ3) is 1.63. The summed E-state index contributed by atoms with van der Waals surface area (Å²) in [4.78, 5) is 11.7. The second-order valence-corrected chi connectivity index (χ2v) is 6.58. The van der Waals surface area contributed by atoms with Gasteiger partial charge >= 0.3 is 5.97 Å². The number of ether oxygens (including phenoxy) is 1. The number of carbonyl (C=O) groups excluding carboxylic acids is 1. The molecule has 5 unspecified atom stereocenters. The molecule has 2 fully saturated rings. The number of carbonyl (C=O) groups is 1. The van der Waals surface area contributed by atoms with Gasteiger partial charge in [0.2, 0.25) is 0 Å². The predicted octanol–water partition coefficient (Wildman–Crippen LogP) is 2.44. The predicted molar refractivity (Wildman–Crippen MR) is 67.8 cm³/mol. The molecule has 0 amide bonds. The van der Waals surface area contributed by atoms with E-state index in [0.717, 1.165) is 25.7 Å². The Morgan fingerprint density at radius 2 is 2.17 bits per heavy atom. The van der Waals surface area contributed by atoms with E-state index in [1.54, 1.807) is 0 Å². The molecule has 0 aromatic heterocycles. The Hall–Kier alpha value is -0.830. The first-order valence-electron chi connectivity index (χ1n) is 7.01. The lowest BCUT2D eigenvalue weighted by Gasteiger charge is -2.29. The van der Waals surface area contributed by atoms with Gasteiger partial charge in [0.1, 0.15) is 6.10 Å². The van der Waals surface area contributed by atoms with Gasteiger partial charge in [0.25, 0.3) is 0 Å². The summed E-state index contributed by atoms with van der Waals surface area (Å²) < 4.78 is 5.51. The van der Waals surface area contributed by atoms with Crippen LogP contribution in [0, 0.1) is 17.8 Å². The van der Waals surface area contributed by atoms with E-state index < -0.39 is 5.60 Å². The summed E-state index contributed by atoms with van der Waals surface area (Å²) in [5, 5.41) is 10.5. The van der Waals surface area contributed by atoms with Crippen molar-refractivity contribution in [3.63, 3.8) is 0 Å². The molecule has 3 heteroatoms. The van der Waals surface area contributed by atoms with Gasteiger partial charge in [-0.2, -0.15) is 0 Å². The van der Waals surface area contributed by atoms with E-state index in [-0.39, 0.29) is 29.8 Å². The summed E-state index contributed by atoms with van der Waals surface area (Å²) in [5.41, 5.74) is 2.17. The average Bonchev–Trinajstić information content (AvgIpc) is 2.65. The van der Waals surface area contributed by atoms with E-state index in [2.05, 4.69) is 6.92 Å². The highest BCUT2D eigenvalue weighted by Crippen LogP contribution is 2.51. The fourth-order valence-electron chi connectivity index (χ4n) is 4.11. The van der Waals surface area contributed by atoms with Gasteiger partial charge in [-0.1, -0.05) is 18.1 Å². The van der Waals surface area contributed by atoms with Crippen molar-refractivity contribution in [2.45, 2.75) is 58.2 Å². The molecule has 3 aliphatic rings. The summed E-state index contributed by atoms with van der Waals surface area (Å²) in [6.07, 6.45) is 3.66. The highest BCUT2D eigenvalue weighted by molar-refractivity contribution is 5.75. The molecule has 2 aliphatic carbocycles. The van der Waals surface area contributed by atoms with Gasteiger partial charge in [0, 0.05) is 18.3 Å². The zero-order valence-corrected chi connectivity index (χ0v) is 11.4. The zero-order chi connectivity index (χ0) is 13.1. The highest BCUT2D eigenvalue weighted by atomic mass is 16.6. The van der Waals surface area contributed by atoms with Gasteiger partial charge in [-0.3, -0.25) is 4.79 Å². The maximum Gasteiger partial charge on any atom is 0.309 e. The molecule has 1 heterocycles. The van der Waals surface area contributed by atoms with E-state index in [1.807, 2.05) is 13.8 Å². The van der Waals surface area contributed by atoms with Crippen molar-refractivity contribution in [1.29, 1.82) is 0 Å². The van der Waals surface area contributed by atoms with Crippen LogP contribution in [0.4, 0.5) is 0 Å². The molecule has 0 radical (unpaired) electrons. The van der Waals surface area contributed by atoms with Crippen LogP contribution in [0.25, 0.3) is 0 Å². The normalized spacial score (nSPS) is 47.7. The summed E-state index contributed by atoms with van der Waals surface area (Å²) in [6, 6.07) is 0. The van der Waals surface area contributed by atoms with Gasteiger partial charge in [-0.25, -0.2) is 0 Å². The molecule has 1 N–H and O–H groups in total. The molecule has 5 atom stereocenters. The first-order valence-corrected chi connectivity index (χ1v) is 7.01. The molecule has 3 rings (SSSR count). The average molecular weight is 250 g/mol. The van der Waals surface area contributed by atoms with Crippen LogP contribution in [0.3, 0.4) is 0 Å². The standard InChI is InChI=1S/C15H22O3/c1-8-6-13-11(9(2)14(16)18-13)7-12-10(8)4-5-15(12,3)17/h9,11-13,17H,4-7H2,1-3H3. The lowest BCUT2D eigenvalue weighted by atomic mass is 9.79. The molecule has 0 bridgehead atoms. The Bertz CT molecular complexity index is 421. The van der Waals surface area contributed by atoms with Crippen LogP contribution in [0.1, 0.15) is 46.5 Å². The molecule has 18 heavy (non-hydrogen) atoms. The first kappa shape index (κ1) is 12.2. The smallest absolute Gasteiger partial charge is 0.309 e. The number of aliphatic hydroxyl groups is 1. The summed E-state index contributed by atoms with van der Waals surface area (Å²) >= 11 is 0. The van der Waals surface area contributed by atoms with Crippen molar-refractivity contribution >= 4 is 5.97 Å². The number of esters is 1. The monoisotopic (exact) mass is 250 g/mol. The summed E-state index contributed by atoms with van der Waals surface area (Å²) in [7, 11) is 0. The number of hydrogen-bond donors (Lipinski definition) is 1. The summed E-state index contributed by atoms with van der Waals surface area (Å²) in [6.45, 7) is 6.06. The topological polar surface area (TPSA) is 46.5 Å². The second-order valence-electron chi connectivity index (χ2n) is 6.58. The summed E-state index contributed by atoms with van der Waals surface area (Å²) in [5.74, 6) is 0.432. The quantitative estimate of drug-likeness (QED) is 0.530. The Kier molecular flexibility index (Phi) is 2.60. The third-order valence-corrected chi connectivity index (χ3v) is 5.39. The second kappa shape index (κ2) is 3.83. The van der Waals surface area contributed by atoms with Crippen LogP contribution < -0.4 is 0 Å². The molecular formula is C15H22O3. The van der Waals surface area contributed by atoms with Crippen molar-refractivity contribution in [1.82, 2.24) is 0 Å². The van der Waals surface area contributed by atoms with Gasteiger partial charge < -0.3 is 9.84 Å². The van der Waals surface area contributed by atoms with Crippen LogP contribution in [0.15, 0.2) is 11.1 Å². The fourth-order valence-corrected chi connectivity index (χ4v) is 4.11. The minimum Gasteiger partial charge on any atom is -0.461 e. The number of rotatable bonds is 0. The van der Waals surface area contributed by atoms with Gasteiger partial charge in [0.15, 0.2) is 0 Å². The van der Waals surface area contributed by atoms with Crippen LogP contribution in [-0.4, -0.2) is 22.8 Å². The molecule has 1 aliphatic heterocycles. The van der Waals surface area contributed by atoms with Crippen molar-refractivity contribution in [3.8, 4) is 0 Å². The highest BCUT2D eigenvalue weighted by Gasteiger charge is 2.50. The molecule has 1 saturated carbocycles. The lowest BCUT2D eigenvalue weighted by molar-refractivity contribution is -0.143.